The highest BCUT2D eigenvalue weighted by Gasteiger charge is 2.18. The molecule has 0 aliphatic carbocycles. The van der Waals surface area contributed by atoms with Gasteiger partial charge in [0.15, 0.2) is 0 Å². The van der Waals surface area contributed by atoms with Gasteiger partial charge >= 0.3 is 6.01 Å². The van der Waals surface area contributed by atoms with Gasteiger partial charge in [-0.05, 0) is 0 Å². The monoisotopic (exact) mass is 366 g/mol. The van der Waals surface area contributed by atoms with Crippen LogP contribution in [0.5, 0.6) is 6.01 Å². The standard InChI is InChI=1S/C12H22N12O2/c1-12(2,3)6-15-9(22-19-6)16-7(13)20-21-8(14)17-10-18-11(24-23-10)26-5-4-25/h25H,4-5H2,1-3H3,(H4,13,15,16,19,20,22)(H4,14,17,18,21,23,24). The number of rotatable bonds is 5. The molecule has 0 aromatic carbocycles. The molecule has 2 rings (SSSR count). The Labute approximate surface area is 148 Å². The fourth-order valence-electron chi connectivity index (χ4n) is 1.53. The highest BCUT2D eigenvalue weighted by atomic mass is 16.5. The number of H-pyrrole nitrogens is 2. The minimum absolute atomic E-state index is 0.0212. The van der Waals surface area contributed by atoms with Crippen LogP contribution < -0.4 is 27.1 Å². The van der Waals surface area contributed by atoms with E-state index in [1.165, 1.54) is 0 Å². The van der Waals surface area contributed by atoms with E-state index in [0.717, 1.165) is 0 Å². The van der Waals surface area contributed by atoms with Crippen molar-refractivity contribution in [3.63, 3.8) is 0 Å². The average Bonchev–Trinajstić information content (AvgIpc) is 3.20. The largest absolute Gasteiger partial charge is 0.460 e. The Kier molecular flexibility index (Phi) is 5.90. The van der Waals surface area contributed by atoms with Gasteiger partial charge in [-0.3, -0.25) is 16.0 Å². The molecular formula is C12H22N12O2. The zero-order valence-electron chi connectivity index (χ0n) is 14.6. The molecule has 0 saturated carbocycles. The Bertz CT molecular complexity index is 771. The summed E-state index contributed by atoms with van der Waals surface area (Å²) in [5, 5.41) is 21.6. The number of aromatic amines is 2. The fraction of sp³-hybridized carbons (Fsp3) is 0.500. The molecule has 2 heterocycles. The summed E-state index contributed by atoms with van der Waals surface area (Å²) in [7, 11) is 0. The van der Waals surface area contributed by atoms with E-state index in [-0.39, 0.29) is 48.5 Å². The lowest BCUT2D eigenvalue weighted by atomic mass is 9.96. The van der Waals surface area contributed by atoms with Gasteiger partial charge < -0.3 is 21.3 Å². The van der Waals surface area contributed by atoms with E-state index >= 15 is 0 Å². The Morgan fingerprint density at radius 2 is 1.81 bits per heavy atom. The van der Waals surface area contributed by atoms with Gasteiger partial charge in [0, 0.05) is 5.41 Å². The molecule has 14 nitrogen and oxygen atoms in total. The molecule has 14 heteroatoms. The van der Waals surface area contributed by atoms with E-state index < -0.39 is 0 Å². The van der Waals surface area contributed by atoms with Crippen molar-refractivity contribution in [1.82, 2.24) is 41.2 Å². The molecule has 0 fully saturated rings. The third-order valence-corrected chi connectivity index (χ3v) is 2.73. The Balaban J connectivity index is 1.90. The summed E-state index contributed by atoms with van der Waals surface area (Å²) in [4.78, 5) is 16.0. The maximum Gasteiger partial charge on any atom is 0.337 e. The highest BCUT2D eigenvalue weighted by Crippen LogP contribution is 2.19. The molecule has 0 unspecified atom stereocenters. The van der Waals surface area contributed by atoms with Crippen LogP contribution in [-0.4, -0.2) is 60.6 Å². The maximum absolute atomic E-state index is 8.66. The molecule has 2 aromatic rings. The molecule has 0 bridgehead atoms. The molecule has 26 heavy (non-hydrogen) atoms. The molecule has 9 N–H and O–H groups in total. The van der Waals surface area contributed by atoms with Crippen LogP contribution in [0.4, 0.5) is 11.9 Å². The van der Waals surface area contributed by atoms with E-state index in [9.17, 15) is 0 Å². The summed E-state index contributed by atoms with van der Waals surface area (Å²) in [6, 6.07) is 0.0406. The van der Waals surface area contributed by atoms with Crippen molar-refractivity contribution in [2.75, 3.05) is 13.2 Å². The first kappa shape index (κ1) is 18.9. The number of nitrogens with one attached hydrogen (secondary N) is 4. The minimum atomic E-state index is -0.185. The Hall–Kier alpha value is -3.42. The van der Waals surface area contributed by atoms with Gasteiger partial charge in [0.1, 0.15) is 12.4 Å². The Morgan fingerprint density at radius 3 is 2.42 bits per heavy atom. The second kappa shape index (κ2) is 8.11. The van der Waals surface area contributed by atoms with E-state index in [0.29, 0.717) is 5.82 Å². The molecule has 0 saturated heterocycles. The molecule has 2 aromatic heterocycles. The van der Waals surface area contributed by atoms with Crippen molar-refractivity contribution in [3.8, 4) is 6.01 Å². The van der Waals surface area contributed by atoms with Crippen molar-refractivity contribution >= 4 is 23.8 Å². The molecule has 0 atom stereocenters. The van der Waals surface area contributed by atoms with Crippen LogP contribution in [0.3, 0.4) is 0 Å². The number of aliphatic hydroxyl groups excluding tert-OH is 1. The smallest absolute Gasteiger partial charge is 0.337 e. The van der Waals surface area contributed by atoms with Crippen LogP contribution in [0.15, 0.2) is 9.98 Å². The lowest BCUT2D eigenvalue weighted by molar-refractivity contribution is 0.192. The summed E-state index contributed by atoms with van der Waals surface area (Å²) >= 11 is 0. The lowest BCUT2D eigenvalue weighted by Gasteiger charge is -2.12. The summed E-state index contributed by atoms with van der Waals surface area (Å²) in [5.41, 5.74) is 16.3. The van der Waals surface area contributed by atoms with E-state index in [1.54, 1.807) is 0 Å². The number of ether oxygens (including phenoxy) is 1. The maximum atomic E-state index is 8.66. The molecule has 0 radical (unpaired) electrons. The van der Waals surface area contributed by atoms with Crippen LogP contribution in [0.25, 0.3) is 0 Å². The van der Waals surface area contributed by atoms with Crippen molar-refractivity contribution < 1.29 is 9.84 Å². The zero-order chi connectivity index (χ0) is 19.2. The number of hydrazine groups is 1. The molecule has 0 aliphatic rings. The minimum Gasteiger partial charge on any atom is -0.460 e. The van der Waals surface area contributed by atoms with Crippen LogP contribution in [0, 0.1) is 0 Å². The molecular weight excluding hydrogens is 344 g/mol. The van der Waals surface area contributed by atoms with Crippen LogP contribution in [0.1, 0.15) is 26.6 Å². The predicted molar refractivity (Wildman–Crippen MR) is 92.9 cm³/mol. The van der Waals surface area contributed by atoms with Gasteiger partial charge in [0.05, 0.1) is 6.61 Å². The quantitative estimate of drug-likeness (QED) is 0.180. The van der Waals surface area contributed by atoms with Crippen LogP contribution in [0.2, 0.25) is 0 Å². The number of hydrogen-bond donors (Lipinski definition) is 7. The van der Waals surface area contributed by atoms with Gasteiger partial charge in [-0.25, -0.2) is 5.10 Å². The summed E-state index contributed by atoms with van der Waals surface area (Å²) in [6.45, 7) is 5.89. The number of aliphatic hydroxyl groups is 1. The normalized spacial score (nSPS) is 12.9. The van der Waals surface area contributed by atoms with Crippen molar-refractivity contribution in [3.05, 3.63) is 5.82 Å². The van der Waals surface area contributed by atoms with Gasteiger partial charge in [-0.15, -0.1) is 10.2 Å². The third kappa shape index (κ3) is 5.59. The predicted octanol–water partition coefficient (Wildman–Crippen LogP) is -1.72. The second-order valence-corrected chi connectivity index (χ2v) is 5.99. The van der Waals surface area contributed by atoms with E-state index in [1.807, 2.05) is 20.8 Å². The first-order valence-electron chi connectivity index (χ1n) is 7.57. The van der Waals surface area contributed by atoms with Gasteiger partial charge in [0.25, 0.3) is 11.9 Å². The summed E-state index contributed by atoms with van der Waals surface area (Å²) in [5.74, 6) is 0.885. The number of guanidine groups is 2. The van der Waals surface area contributed by atoms with Gasteiger partial charge in [-0.1, -0.05) is 20.8 Å². The van der Waals surface area contributed by atoms with Crippen molar-refractivity contribution in [2.24, 2.45) is 21.5 Å². The molecule has 142 valence electrons. The lowest BCUT2D eigenvalue weighted by Crippen LogP contribution is -2.48. The fourth-order valence-corrected chi connectivity index (χ4v) is 1.53. The summed E-state index contributed by atoms with van der Waals surface area (Å²) < 4.78 is 5.00. The molecule has 0 aliphatic heterocycles. The van der Waals surface area contributed by atoms with Crippen molar-refractivity contribution in [2.45, 2.75) is 26.2 Å². The van der Waals surface area contributed by atoms with Gasteiger partial charge in [0.2, 0.25) is 11.9 Å². The first-order chi connectivity index (χ1) is 12.3. The third-order valence-electron chi connectivity index (χ3n) is 2.73. The Morgan fingerprint density at radius 1 is 1.12 bits per heavy atom. The van der Waals surface area contributed by atoms with Crippen LogP contribution >= 0.6 is 0 Å². The SMILES string of the molecule is CC(C)(C)c1nc(N=C(N)NNC(N)=Nc2nc(OCCO)n[nH]2)n[nH]1. The zero-order valence-corrected chi connectivity index (χ0v) is 14.6. The number of nitrogens with two attached hydrogens (primary N) is 2. The topological polar surface area (TPSA) is 213 Å². The van der Waals surface area contributed by atoms with Crippen molar-refractivity contribution in [1.29, 1.82) is 0 Å². The first-order valence-corrected chi connectivity index (χ1v) is 7.57. The number of hydrogen-bond acceptors (Lipinski definition) is 8. The number of aliphatic imine (C=N–C) groups is 2. The van der Waals surface area contributed by atoms with E-state index in [2.05, 4.69) is 51.2 Å². The summed E-state index contributed by atoms with van der Waals surface area (Å²) in [6.07, 6.45) is 0. The number of nitrogens with zero attached hydrogens (tertiary/aromatic N) is 6. The number of aromatic nitrogens is 6. The second-order valence-electron chi connectivity index (χ2n) is 5.99. The van der Waals surface area contributed by atoms with E-state index in [4.69, 9.17) is 21.3 Å². The van der Waals surface area contributed by atoms with Crippen LogP contribution in [-0.2, 0) is 5.41 Å². The highest BCUT2D eigenvalue weighted by molar-refractivity contribution is 5.85. The average molecular weight is 366 g/mol. The molecule has 0 spiro atoms. The van der Waals surface area contributed by atoms with Gasteiger partial charge in [-0.2, -0.15) is 20.0 Å². The molecule has 0 amide bonds.